The van der Waals surface area contributed by atoms with Gasteiger partial charge in [-0.3, -0.25) is 4.79 Å². The molecule has 0 spiro atoms. The molecule has 0 amide bonds. The van der Waals surface area contributed by atoms with E-state index in [1.54, 1.807) is 50.6 Å². The Balaban J connectivity index is 0.000000355. The van der Waals surface area contributed by atoms with Crippen LogP contribution in [0, 0.1) is 0 Å². The molecule has 9 nitrogen and oxygen atoms in total. The van der Waals surface area contributed by atoms with E-state index in [1.807, 2.05) is 38.0 Å². The molecule has 0 bridgehead atoms. The molecule has 0 aliphatic carbocycles. The van der Waals surface area contributed by atoms with Gasteiger partial charge in [0.05, 0.1) is 19.8 Å². The smallest absolute Gasteiger partial charge is 0.328 e. The largest absolute Gasteiger partial charge is 0.497 e. The molecule has 0 saturated carbocycles. The fraction of sp³-hybridized carbons (Fsp3) is 0.385. The lowest BCUT2D eigenvalue weighted by atomic mass is 10.1. The van der Waals surface area contributed by atoms with E-state index in [0.29, 0.717) is 47.3 Å². The molecule has 1 N–H and O–H groups in total. The average Bonchev–Trinajstić information content (AvgIpc) is 2.82. The van der Waals surface area contributed by atoms with Gasteiger partial charge in [0.2, 0.25) is 0 Å². The van der Waals surface area contributed by atoms with Crippen molar-refractivity contribution in [1.29, 1.82) is 0 Å². The maximum Gasteiger partial charge on any atom is 0.328 e. The summed E-state index contributed by atoms with van der Waals surface area (Å²) in [6, 6.07) is 10.4. The van der Waals surface area contributed by atoms with Crippen LogP contribution in [0.2, 0.25) is 0 Å². The molecule has 0 unspecified atom stereocenters. The summed E-state index contributed by atoms with van der Waals surface area (Å²) >= 11 is 0. The van der Waals surface area contributed by atoms with Crippen LogP contribution < -0.4 is 18.9 Å². The van der Waals surface area contributed by atoms with Crippen molar-refractivity contribution in [1.82, 2.24) is 9.80 Å². The van der Waals surface area contributed by atoms with E-state index in [4.69, 9.17) is 24.1 Å². The molecule has 0 aromatic heterocycles. The molecule has 0 saturated heterocycles. The molecule has 0 radical (unpaired) electrons. The van der Waals surface area contributed by atoms with Gasteiger partial charge in [-0.2, -0.15) is 0 Å². The van der Waals surface area contributed by atoms with Crippen molar-refractivity contribution in [3.63, 3.8) is 0 Å². The second kappa shape index (κ2) is 16.1. The third-order valence-electron chi connectivity index (χ3n) is 4.57. The van der Waals surface area contributed by atoms with Gasteiger partial charge in [0.25, 0.3) is 0 Å². The van der Waals surface area contributed by atoms with Crippen molar-refractivity contribution < 1.29 is 33.6 Å². The first-order chi connectivity index (χ1) is 16.7. The van der Waals surface area contributed by atoms with Crippen molar-refractivity contribution in [2.75, 3.05) is 68.7 Å². The molecular formula is C26H36N2O7. The van der Waals surface area contributed by atoms with E-state index in [0.717, 1.165) is 25.5 Å². The molecule has 0 aliphatic rings. The second-order valence-corrected chi connectivity index (χ2v) is 7.90. The van der Waals surface area contributed by atoms with Crippen LogP contribution in [0.4, 0.5) is 0 Å². The number of carbonyl (C=O) groups excluding carboxylic acids is 1. The van der Waals surface area contributed by atoms with Crippen LogP contribution >= 0.6 is 0 Å². The Labute approximate surface area is 207 Å². The van der Waals surface area contributed by atoms with Gasteiger partial charge in [0, 0.05) is 36.9 Å². The van der Waals surface area contributed by atoms with E-state index >= 15 is 0 Å². The van der Waals surface area contributed by atoms with Crippen LogP contribution in [-0.2, 0) is 4.79 Å². The van der Waals surface area contributed by atoms with E-state index in [-0.39, 0.29) is 0 Å². The molecule has 192 valence electrons. The lowest BCUT2D eigenvalue weighted by Gasteiger charge is -2.13. The van der Waals surface area contributed by atoms with Crippen molar-refractivity contribution in [3.8, 4) is 23.0 Å². The Bertz CT molecular complexity index is 959. The summed E-state index contributed by atoms with van der Waals surface area (Å²) in [7, 11) is 11.0. The standard InChI is InChI=1S/C14H19NO4.C12H17NO3/c1-15(2)8-9-19-13-10-12(18-3)6-4-11(13)5-7-14(16)17;1-13(2)6-7-16-12-8-11(15-3)5-4-10(12)9-14/h4-7,10H,8-9H2,1-3H3,(H,16,17);4-5,8-9H,6-7H2,1-3H3/b7-5+;. The first kappa shape index (κ1) is 29.5. The van der Waals surface area contributed by atoms with E-state index < -0.39 is 5.97 Å². The second-order valence-electron chi connectivity index (χ2n) is 7.90. The molecular weight excluding hydrogens is 452 g/mol. The Morgan fingerprint density at radius 3 is 1.69 bits per heavy atom. The van der Waals surface area contributed by atoms with Gasteiger partial charge >= 0.3 is 5.97 Å². The topological polar surface area (TPSA) is 97.8 Å². The minimum atomic E-state index is -0.991. The lowest BCUT2D eigenvalue weighted by Crippen LogP contribution is -2.19. The number of benzene rings is 2. The molecule has 2 aromatic rings. The van der Waals surface area contributed by atoms with Gasteiger partial charge in [-0.15, -0.1) is 0 Å². The normalized spacial score (nSPS) is 10.6. The van der Waals surface area contributed by atoms with Crippen LogP contribution in [0.5, 0.6) is 23.0 Å². The van der Waals surface area contributed by atoms with Gasteiger partial charge < -0.3 is 33.9 Å². The number of methoxy groups -OCH3 is 2. The molecule has 0 aliphatic heterocycles. The number of nitrogens with zero attached hydrogens (tertiary/aromatic N) is 2. The Hall–Kier alpha value is -3.56. The van der Waals surface area contributed by atoms with E-state index in [9.17, 15) is 9.59 Å². The van der Waals surface area contributed by atoms with Crippen molar-refractivity contribution >= 4 is 18.3 Å². The summed E-state index contributed by atoms with van der Waals surface area (Å²) < 4.78 is 21.4. The Kier molecular flexibility index (Phi) is 13.6. The predicted octanol–water partition coefficient (Wildman–Crippen LogP) is 3.18. The number of rotatable bonds is 13. The molecule has 2 rings (SSSR count). The summed E-state index contributed by atoms with van der Waals surface area (Å²) in [6.45, 7) is 2.64. The van der Waals surface area contributed by atoms with Crippen molar-refractivity contribution in [2.45, 2.75) is 0 Å². The summed E-state index contributed by atoms with van der Waals surface area (Å²) in [6.07, 6.45) is 3.37. The maximum absolute atomic E-state index is 10.8. The molecule has 9 heteroatoms. The highest BCUT2D eigenvalue weighted by Crippen LogP contribution is 2.26. The zero-order valence-corrected chi connectivity index (χ0v) is 21.3. The van der Waals surface area contributed by atoms with E-state index in [2.05, 4.69) is 0 Å². The lowest BCUT2D eigenvalue weighted by molar-refractivity contribution is -0.131. The van der Waals surface area contributed by atoms with Gasteiger partial charge in [-0.1, -0.05) is 0 Å². The molecule has 2 aromatic carbocycles. The SMILES string of the molecule is COc1ccc(/C=C/C(=O)O)c(OCCN(C)C)c1.COc1ccc(C=O)c(OCCN(C)C)c1. The zero-order chi connectivity index (χ0) is 26.2. The molecule has 0 heterocycles. The van der Waals surface area contributed by atoms with Crippen LogP contribution in [-0.4, -0.2) is 95.9 Å². The van der Waals surface area contributed by atoms with Crippen LogP contribution in [0.15, 0.2) is 42.5 Å². The number of carboxylic acid groups (broad SMARTS) is 1. The van der Waals surface area contributed by atoms with Gasteiger partial charge in [-0.05, 0) is 58.5 Å². The first-order valence-corrected chi connectivity index (χ1v) is 11.0. The van der Waals surface area contributed by atoms with E-state index in [1.165, 1.54) is 6.08 Å². The number of hydrogen-bond acceptors (Lipinski definition) is 8. The number of carboxylic acids is 1. The fourth-order valence-corrected chi connectivity index (χ4v) is 2.61. The van der Waals surface area contributed by atoms with Crippen molar-refractivity contribution in [2.24, 2.45) is 0 Å². The average molecular weight is 489 g/mol. The third-order valence-corrected chi connectivity index (χ3v) is 4.57. The van der Waals surface area contributed by atoms with Crippen LogP contribution in [0.1, 0.15) is 15.9 Å². The highest BCUT2D eigenvalue weighted by atomic mass is 16.5. The predicted molar refractivity (Wildman–Crippen MR) is 136 cm³/mol. The Morgan fingerprint density at radius 2 is 1.29 bits per heavy atom. The number of carbonyl (C=O) groups is 2. The van der Waals surface area contributed by atoms with Crippen LogP contribution in [0.3, 0.4) is 0 Å². The fourth-order valence-electron chi connectivity index (χ4n) is 2.61. The van der Waals surface area contributed by atoms with Gasteiger partial charge in [0.1, 0.15) is 36.2 Å². The molecule has 35 heavy (non-hydrogen) atoms. The monoisotopic (exact) mass is 488 g/mol. The minimum absolute atomic E-state index is 0.522. The summed E-state index contributed by atoms with van der Waals surface area (Å²) in [5.74, 6) is 1.54. The third kappa shape index (κ3) is 11.9. The molecule has 0 atom stereocenters. The highest BCUT2D eigenvalue weighted by molar-refractivity contribution is 5.86. The first-order valence-electron chi connectivity index (χ1n) is 11.0. The Morgan fingerprint density at radius 1 is 0.829 bits per heavy atom. The maximum atomic E-state index is 10.8. The zero-order valence-electron chi connectivity index (χ0n) is 21.3. The number of aldehydes is 1. The number of ether oxygens (including phenoxy) is 4. The van der Waals surface area contributed by atoms with Gasteiger partial charge in [-0.25, -0.2) is 4.79 Å². The van der Waals surface area contributed by atoms with Crippen LogP contribution in [0.25, 0.3) is 6.08 Å². The number of hydrogen-bond donors (Lipinski definition) is 1. The summed E-state index contributed by atoms with van der Waals surface area (Å²) in [5, 5.41) is 8.66. The quantitative estimate of drug-likeness (QED) is 0.337. The summed E-state index contributed by atoms with van der Waals surface area (Å²) in [4.78, 5) is 25.4. The number of likely N-dealkylation sites (N-methyl/N-ethyl adjacent to an activating group) is 2. The summed E-state index contributed by atoms with van der Waals surface area (Å²) in [5.41, 5.74) is 1.25. The minimum Gasteiger partial charge on any atom is -0.497 e. The highest BCUT2D eigenvalue weighted by Gasteiger charge is 2.06. The molecule has 0 fully saturated rings. The van der Waals surface area contributed by atoms with Crippen molar-refractivity contribution in [3.05, 3.63) is 53.6 Å². The van der Waals surface area contributed by atoms with Gasteiger partial charge in [0.15, 0.2) is 6.29 Å². The number of aliphatic carboxylic acids is 1.